The number of amides is 3. The Bertz CT molecular complexity index is 1250. The lowest BCUT2D eigenvalue weighted by atomic mass is 10.0. The molecule has 4 bridgehead atoms. The second kappa shape index (κ2) is 11.1. The predicted molar refractivity (Wildman–Crippen MR) is 135 cm³/mol. The molecule has 36 heavy (non-hydrogen) atoms. The Morgan fingerprint density at radius 2 is 1.83 bits per heavy atom. The number of nitrogens with one attached hydrogen (secondary N) is 2. The molecule has 0 spiro atoms. The monoisotopic (exact) mass is 489 g/mol. The number of carbonyl (C=O) groups excluding carboxylic acids is 3. The minimum Gasteiger partial charge on any atom is -0.491 e. The fraction of sp³-hybridized carbons (Fsp3) is 0.333. The van der Waals surface area contributed by atoms with Crippen LogP contribution in [0.1, 0.15) is 35.8 Å². The number of hydrogen-bond donors (Lipinski definition) is 2. The Hall–Kier alpha value is -4.14. The maximum Gasteiger partial charge on any atom is 0.254 e. The van der Waals surface area contributed by atoms with Crippen molar-refractivity contribution in [3.05, 3.63) is 72.3 Å². The number of carbonyl (C=O) groups is 3. The molecule has 0 fully saturated rings. The van der Waals surface area contributed by atoms with E-state index in [0.717, 1.165) is 11.1 Å². The molecule has 1 aliphatic rings. The van der Waals surface area contributed by atoms with Gasteiger partial charge in [-0.3, -0.25) is 14.4 Å². The van der Waals surface area contributed by atoms with Crippen LogP contribution in [0.5, 0.6) is 5.75 Å². The molecule has 0 radical (unpaired) electrons. The van der Waals surface area contributed by atoms with Crippen LogP contribution in [-0.2, 0) is 23.2 Å². The Labute approximate surface area is 210 Å². The first kappa shape index (κ1) is 25.0. The molecule has 3 aromatic rings. The molecular weight excluding hydrogens is 458 g/mol. The van der Waals surface area contributed by atoms with Gasteiger partial charge in [0.15, 0.2) is 0 Å². The van der Waals surface area contributed by atoms with Crippen LogP contribution < -0.4 is 15.4 Å². The number of fused-ring (bicyclic) bond motifs is 5. The zero-order valence-electron chi connectivity index (χ0n) is 20.7. The quantitative estimate of drug-likeness (QED) is 0.588. The largest absolute Gasteiger partial charge is 0.491 e. The molecule has 0 saturated carbocycles. The summed E-state index contributed by atoms with van der Waals surface area (Å²) in [6, 6.07) is 13.8. The van der Waals surface area contributed by atoms with E-state index in [4.69, 9.17) is 4.74 Å². The highest BCUT2D eigenvalue weighted by Crippen LogP contribution is 2.26. The van der Waals surface area contributed by atoms with Gasteiger partial charge in [-0.15, -0.1) is 0 Å². The highest BCUT2D eigenvalue weighted by molar-refractivity contribution is 5.98. The van der Waals surface area contributed by atoms with Crippen LogP contribution in [0, 0.1) is 0 Å². The van der Waals surface area contributed by atoms with Gasteiger partial charge in [0.05, 0.1) is 24.6 Å². The maximum atomic E-state index is 13.5. The summed E-state index contributed by atoms with van der Waals surface area (Å²) in [5.74, 6) is -0.176. The van der Waals surface area contributed by atoms with E-state index in [2.05, 4.69) is 15.6 Å². The van der Waals surface area contributed by atoms with Gasteiger partial charge in [-0.1, -0.05) is 24.3 Å². The number of benzene rings is 2. The normalized spacial score (nSPS) is 18.8. The zero-order chi connectivity index (χ0) is 25.7. The number of aryl methyl sites for hydroxylation is 1. The van der Waals surface area contributed by atoms with Gasteiger partial charge in [-0.05, 0) is 48.7 Å². The Morgan fingerprint density at radius 1 is 1.11 bits per heavy atom. The van der Waals surface area contributed by atoms with Gasteiger partial charge in [0.25, 0.3) is 5.91 Å². The van der Waals surface area contributed by atoms with Crippen molar-refractivity contribution in [2.75, 3.05) is 13.7 Å². The van der Waals surface area contributed by atoms with Gasteiger partial charge in [0, 0.05) is 32.3 Å². The smallest absolute Gasteiger partial charge is 0.254 e. The van der Waals surface area contributed by atoms with Crippen LogP contribution >= 0.6 is 0 Å². The number of rotatable bonds is 3. The van der Waals surface area contributed by atoms with Gasteiger partial charge in [-0.25, -0.2) is 4.98 Å². The van der Waals surface area contributed by atoms with Crippen molar-refractivity contribution in [2.45, 2.75) is 38.4 Å². The summed E-state index contributed by atoms with van der Waals surface area (Å²) in [6.07, 6.45) is 3.72. The second-order valence-corrected chi connectivity index (χ2v) is 9.11. The second-order valence-electron chi connectivity index (χ2n) is 9.11. The summed E-state index contributed by atoms with van der Waals surface area (Å²) >= 11 is 0. The van der Waals surface area contributed by atoms with Gasteiger partial charge in [0.2, 0.25) is 11.8 Å². The van der Waals surface area contributed by atoms with E-state index in [-0.39, 0.29) is 43.1 Å². The minimum absolute atomic E-state index is 0.0825. The van der Waals surface area contributed by atoms with E-state index < -0.39 is 6.04 Å². The molecule has 9 nitrogen and oxygen atoms in total. The van der Waals surface area contributed by atoms with E-state index in [0.29, 0.717) is 23.6 Å². The molecule has 2 aromatic carbocycles. The lowest BCUT2D eigenvalue weighted by Gasteiger charge is -2.28. The van der Waals surface area contributed by atoms with E-state index in [1.165, 1.54) is 4.90 Å². The average Bonchev–Trinajstić information content (AvgIpc) is 3.30. The first-order valence-corrected chi connectivity index (χ1v) is 11.9. The summed E-state index contributed by atoms with van der Waals surface area (Å²) in [6.45, 7) is 2.40. The van der Waals surface area contributed by atoms with Crippen LogP contribution in [-0.4, -0.2) is 57.9 Å². The summed E-state index contributed by atoms with van der Waals surface area (Å²) in [7, 11) is 3.44. The number of imidazole rings is 1. The molecular formula is C27H31N5O4. The minimum atomic E-state index is -0.835. The van der Waals surface area contributed by atoms with Crippen LogP contribution in [0.2, 0.25) is 0 Å². The zero-order valence-corrected chi connectivity index (χ0v) is 20.7. The van der Waals surface area contributed by atoms with Crippen molar-refractivity contribution in [2.24, 2.45) is 7.05 Å². The Balaban J connectivity index is 1.62. The van der Waals surface area contributed by atoms with Gasteiger partial charge in [-0.2, -0.15) is 0 Å². The van der Waals surface area contributed by atoms with Crippen molar-refractivity contribution in [1.29, 1.82) is 0 Å². The van der Waals surface area contributed by atoms with Gasteiger partial charge >= 0.3 is 0 Å². The maximum absolute atomic E-state index is 13.5. The summed E-state index contributed by atoms with van der Waals surface area (Å²) in [4.78, 5) is 44.9. The molecule has 0 saturated heterocycles. The molecule has 188 valence electrons. The average molecular weight is 490 g/mol. The SMILES string of the molecule is C[C@H]1COc2cccc(c2)-c2cccc(c2)C(=O)N(C)[C@H](C(=O)NCc2cn(C)cn2)CCC(=O)N1. The third-order valence-corrected chi connectivity index (χ3v) is 6.12. The lowest BCUT2D eigenvalue weighted by Crippen LogP contribution is -2.48. The number of aromatic nitrogens is 2. The molecule has 0 aliphatic carbocycles. The lowest BCUT2D eigenvalue weighted by molar-refractivity contribution is -0.126. The number of nitrogens with zero attached hydrogens (tertiary/aromatic N) is 3. The third kappa shape index (κ3) is 6.10. The summed E-state index contributed by atoms with van der Waals surface area (Å²) in [5.41, 5.74) is 2.92. The first-order valence-electron chi connectivity index (χ1n) is 11.9. The molecule has 2 N–H and O–H groups in total. The van der Waals surface area contributed by atoms with E-state index in [1.54, 1.807) is 24.0 Å². The molecule has 0 unspecified atom stereocenters. The molecule has 4 rings (SSSR count). The standard InChI is InChI=1S/C27H31N5O4/c1-18-16-36-23-9-5-7-20(13-23)19-6-4-8-21(12-19)27(35)32(3)24(10-11-25(33)30-18)26(34)28-14-22-15-31(2)17-29-22/h4-9,12-13,15,17-18,24H,10-11,14,16H2,1-3H3,(H,28,34)(H,30,33)/t18-,24-/m0/s1. The van der Waals surface area contributed by atoms with Crippen LogP contribution in [0.25, 0.3) is 11.1 Å². The fourth-order valence-electron chi connectivity index (χ4n) is 4.17. The molecule has 1 aliphatic heterocycles. The summed E-state index contributed by atoms with van der Waals surface area (Å²) < 4.78 is 7.68. The van der Waals surface area contributed by atoms with Crippen molar-refractivity contribution >= 4 is 17.7 Å². The molecule has 3 amide bonds. The number of hydrogen-bond acceptors (Lipinski definition) is 5. The van der Waals surface area contributed by atoms with Crippen LogP contribution in [0.4, 0.5) is 0 Å². The Morgan fingerprint density at radius 3 is 2.58 bits per heavy atom. The van der Waals surface area contributed by atoms with E-state index >= 15 is 0 Å². The van der Waals surface area contributed by atoms with E-state index in [1.807, 2.05) is 62.6 Å². The van der Waals surface area contributed by atoms with Gasteiger partial charge in [0.1, 0.15) is 18.4 Å². The van der Waals surface area contributed by atoms with Crippen molar-refractivity contribution < 1.29 is 19.1 Å². The van der Waals surface area contributed by atoms with Crippen molar-refractivity contribution in [3.63, 3.8) is 0 Å². The molecule has 9 heteroatoms. The van der Waals surface area contributed by atoms with Crippen molar-refractivity contribution in [1.82, 2.24) is 25.1 Å². The number of likely N-dealkylation sites (N-methyl/N-ethyl adjacent to an activating group) is 1. The first-order chi connectivity index (χ1) is 17.3. The molecule has 1 aromatic heterocycles. The molecule has 2 heterocycles. The highest BCUT2D eigenvalue weighted by atomic mass is 16.5. The van der Waals surface area contributed by atoms with E-state index in [9.17, 15) is 14.4 Å². The summed E-state index contributed by atoms with van der Waals surface area (Å²) in [5, 5.41) is 5.77. The third-order valence-electron chi connectivity index (χ3n) is 6.12. The number of ether oxygens (including phenoxy) is 1. The van der Waals surface area contributed by atoms with Crippen LogP contribution in [0.3, 0.4) is 0 Å². The van der Waals surface area contributed by atoms with Crippen molar-refractivity contribution in [3.8, 4) is 16.9 Å². The Kier molecular flexibility index (Phi) is 7.68. The van der Waals surface area contributed by atoms with Crippen LogP contribution in [0.15, 0.2) is 61.1 Å². The highest BCUT2D eigenvalue weighted by Gasteiger charge is 2.29. The molecule has 2 atom stereocenters. The van der Waals surface area contributed by atoms with Gasteiger partial charge < -0.3 is 24.8 Å². The predicted octanol–water partition coefficient (Wildman–Crippen LogP) is 2.52. The topological polar surface area (TPSA) is 106 Å². The fourth-order valence-corrected chi connectivity index (χ4v) is 4.17.